The summed E-state index contributed by atoms with van der Waals surface area (Å²) in [5.41, 5.74) is 0. The minimum absolute atomic E-state index is 0.113. The van der Waals surface area contributed by atoms with Crippen molar-refractivity contribution in [2.75, 3.05) is 13.2 Å². The van der Waals surface area contributed by atoms with E-state index < -0.39 is 26.1 Å². The molecule has 1 atom stereocenters. The first-order valence-electron chi connectivity index (χ1n) is 6.70. The monoisotopic (exact) mass is 301 g/mol. The molecule has 0 saturated carbocycles. The summed E-state index contributed by atoms with van der Waals surface area (Å²) in [5.74, 6) is -3.43. The highest BCUT2D eigenvalue weighted by atomic mass is 28.4. The zero-order chi connectivity index (χ0) is 15.7. The SMILES string of the molecule is CC(C)(C)[Si](C)(C)OCCC1CN(C(=O)C(=O)O)C1=O. The number of likely N-dealkylation sites (tertiary alicyclic amines) is 1. The second-order valence-electron chi connectivity index (χ2n) is 6.65. The fourth-order valence-electron chi connectivity index (χ4n) is 1.68. The van der Waals surface area contributed by atoms with E-state index in [-0.39, 0.29) is 17.5 Å². The average Bonchev–Trinajstić information content (AvgIpc) is 2.29. The van der Waals surface area contributed by atoms with Crippen molar-refractivity contribution >= 4 is 26.1 Å². The van der Waals surface area contributed by atoms with Crippen LogP contribution in [-0.4, -0.2) is 49.3 Å². The van der Waals surface area contributed by atoms with Gasteiger partial charge >= 0.3 is 11.9 Å². The lowest BCUT2D eigenvalue weighted by molar-refractivity contribution is -0.168. The van der Waals surface area contributed by atoms with Crippen LogP contribution < -0.4 is 0 Å². The molecular formula is C13H23NO5Si. The lowest BCUT2D eigenvalue weighted by atomic mass is 9.95. The predicted molar refractivity (Wildman–Crippen MR) is 75.6 cm³/mol. The molecule has 0 aromatic carbocycles. The Kier molecular flexibility index (Phi) is 4.76. The number of rotatable bonds is 4. The average molecular weight is 301 g/mol. The number of hydrogen-bond acceptors (Lipinski definition) is 4. The van der Waals surface area contributed by atoms with E-state index in [1.165, 1.54) is 0 Å². The number of hydrogen-bond donors (Lipinski definition) is 1. The molecule has 1 rings (SSSR count). The normalized spacial score (nSPS) is 19.8. The maximum atomic E-state index is 11.7. The second-order valence-corrected chi connectivity index (χ2v) is 11.5. The van der Waals surface area contributed by atoms with Gasteiger partial charge in [0.25, 0.3) is 0 Å². The maximum absolute atomic E-state index is 11.7. The Morgan fingerprint density at radius 2 is 1.95 bits per heavy atom. The third-order valence-corrected chi connectivity index (χ3v) is 8.72. The number of carboxylic acids is 1. The van der Waals surface area contributed by atoms with Crippen LogP contribution in [0.2, 0.25) is 18.1 Å². The van der Waals surface area contributed by atoms with E-state index in [1.807, 2.05) is 0 Å². The molecular weight excluding hydrogens is 278 g/mol. The first-order valence-corrected chi connectivity index (χ1v) is 9.61. The van der Waals surface area contributed by atoms with Gasteiger partial charge in [-0.2, -0.15) is 0 Å². The highest BCUT2D eigenvalue weighted by Crippen LogP contribution is 2.36. The number of carbonyl (C=O) groups excluding carboxylic acids is 2. The molecule has 1 aliphatic heterocycles. The summed E-state index contributed by atoms with van der Waals surface area (Å²) in [6.45, 7) is 11.3. The molecule has 114 valence electrons. The van der Waals surface area contributed by atoms with E-state index in [0.29, 0.717) is 13.0 Å². The van der Waals surface area contributed by atoms with Gasteiger partial charge in [-0.1, -0.05) is 20.8 Å². The Morgan fingerprint density at radius 3 is 2.35 bits per heavy atom. The van der Waals surface area contributed by atoms with Crippen molar-refractivity contribution in [1.29, 1.82) is 0 Å². The minimum Gasteiger partial charge on any atom is -0.474 e. The van der Waals surface area contributed by atoms with E-state index in [9.17, 15) is 14.4 Å². The summed E-state index contributed by atoms with van der Waals surface area (Å²) in [5, 5.41) is 8.64. The number of imide groups is 1. The molecule has 1 aliphatic rings. The van der Waals surface area contributed by atoms with Crippen molar-refractivity contribution < 1.29 is 23.9 Å². The van der Waals surface area contributed by atoms with Crippen LogP contribution in [-0.2, 0) is 18.8 Å². The van der Waals surface area contributed by atoms with E-state index in [0.717, 1.165) is 4.90 Å². The van der Waals surface area contributed by atoms with Gasteiger partial charge in [-0.3, -0.25) is 14.5 Å². The van der Waals surface area contributed by atoms with E-state index >= 15 is 0 Å². The van der Waals surface area contributed by atoms with E-state index in [4.69, 9.17) is 9.53 Å². The summed E-state index contributed by atoms with van der Waals surface area (Å²) in [6.07, 6.45) is 0.536. The number of carbonyl (C=O) groups is 3. The zero-order valence-electron chi connectivity index (χ0n) is 12.7. The molecule has 2 amide bonds. The molecule has 0 spiro atoms. The number of nitrogens with zero attached hydrogens (tertiary/aromatic N) is 1. The minimum atomic E-state index is -1.83. The number of aliphatic carboxylic acids is 1. The van der Waals surface area contributed by atoms with Gasteiger partial charge in [0.2, 0.25) is 5.91 Å². The van der Waals surface area contributed by atoms with Crippen molar-refractivity contribution in [3.63, 3.8) is 0 Å². The summed E-state index contributed by atoms with van der Waals surface area (Å²) < 4.78 is 5.96. The van der Waals surface area contributed by atoms with Gasteiger partial charge < -0.3 is 9.53 Å². The first-order chi connectivity index (χ1) is 8.97. The molecule has 1 fully saturated rings. The van der Waals surface area contributed by atoms with Crippen LogP contribution >= 0.6 is 0 Å². The smallest absolute Gasteiger partial charge is 0.395 e. The molecule has 6 nitrogen and oxygen atoms in total. The molecule has 0 aromatic rings. The zero-order valence-corrected chi connectivity index (χ0v) is 13.7. The van der Waals surface area contributed by atoms with Crippen molar-refractivity contribution in [3.8, 4) is 0 Å². The lowest BCUT2D eigenvalue weighted by Gasteiger charge is -2.38. The van der Waals surface area contributed by atoms with Crippen molar-refractivity contribution in [2.24, 2.45) is 5.92 Å². The van der Waals surface area contributed by atoms with Crippen molar-refractivity contribution in [2.45, 2.75) is 45.3 Å². The highest BCUT2D eigenvalue weighted by Gasteiger charge is 2.43. The van der Waals surface area contributed by atoms with E-state index in [2.05, 4.69) is 33.9 Å². The Balaban J connectivity index is 2.39. The van der Waals surface area contributed by atoms with Crippen LogP contribution in [0.4, 0.5) is 0 Å². The van der Waals surface area contributed by atoms with Crippen molar-refractivity contribution in [3.05, 3.63) is 0 Å². The third-order valence-electron chi connectivity index (χ3n) is 4.18. The van der Waals surface area contributed by atoms with Gasteiger partial charge in [0, 0.05) is 13.2 Å². The highest BCUT2D eigenvalue weighted by molar-refractivity contribution is 6.74. The summed E-state index contributed by atoms with van der Waals surface area (Å²) in [7, 11) is -1.83. The summed E-state index contributed by atoms with van der Waals surface area (Å²) in [4.78, 5) is 34.0. The fourth-order valence-corrected chi connectivity index (χ4v) is 2.74. The predicted octanol–water partition coefficient (Wildman–Crippen LogP) is 1.47. The Hall–Kier alpha value is -1.21. The summed E-state index contributed by atoms with van der Waals surface area (Å²) in [6, 6.07) is 0. The molecule has 20 heavy (non-hydrogen) atoms. The number of carboxylic acid groups (broad SMARTS) is 1. The van der Waals surface area contributed by atoms with E-state index in [1.54, 1.807) is 0 Å². The Labute approximate surface area is 120 Å². The standard InChI is InChI=1S/C13H23NO5Si/c1-13(2,3)20(4,5)19-7-6-9-8-14(10(9)15)11(16)12(17)18/h9H,6-8H2,1-5H3,(H,17,18). The fraction of sp³-hybridized carbons (Fsp3) is 0.769. The molecule has 0 aromatic heterocycles. The third kappa shape index (κ3) is 3.46. The Bertz CT molecular complexity index is 427. The lowest BCUT2D eigenvalue weighted by Crippen LogP contribution is -2.57. The summed E-state index contributed by atoms with van der Waals surface area (Å²) >= 11 is 0. The maximum Gasteiger partial charge on any atom is 0.395 e. The molecule has 0 aliphatic carbocycles. The van der Waals surface area contributed by atoms with Crippen molar-refractivity contribution in [1.82, 2.24) is 4.90 Å². The molecule has 1 saturated heterocycles. The van der Waals surface area contributed by atoms with Gasteiger partial charge in [-0.05, 0) is 24.6 Å². The van der Waals surface area contributed by atoms with Crippen LogP contribution in [0.15, 0.2) is 0 Å². The number of β-lactam (4-membered cyclic amide) rings is 1. The topological polar surface area (TPSA) is 83.9 Å². The first kappa shape index (κ1) is 16.8. The van der Waals surface area contributed by atoms with Crippen LogP contribution in [0.3, 0.4) is 0 Å². The number of amides is 2. The van der Waals surface area contributed by atoms with Gasteiger partial charge in [0.1, 0.15) is 0 Å². The molecule has 1 heterocycles. The molecule has 1 N–H and O–H groups in total. The molecule has 1 unspecified atom stereocenters. The quantitative estimate of drug-likeness (QED) is 0.483. The van der Waals surface area contributed by atoms with Gasteiger partial charge in [-0.25, -0.2) is 4.79 Å². The largest absolute Gasteiger partial charge is 0.474 e. The van der Waals surface area contributed by atoms with Crippen LogP contribution in [0.25, 0.3) is 0 Å². The molecule has 0 bridgehead atoms. The van der Waals surface area contributed by atoms with Gasteiger partial charge in [-0.15, -0.1) is 0 Å². The second kappa shape index (κ2) is 5.65. The van der Waals surface area contributed by atoms with Crippen LogP contribution in [0, 0.1) is 5.92 Å². The molecule has 0 radical (unpaired) electrons. The van der Waals surface area contributed by atoms with Crippen LogP contribution in [0.5, 0.6) is 0 Å². The molecule has 7 heteroatoms. The Morgan fingerprint density at radius 1 is 1.40 bits per heavy atom. The van der Waals surface area contributed by atoms with Gasteiger partial charge in [0.15, 0.2) is 8.32 Å². The van der Waals surface area contributed by atoms with Gasteiger partial charge in [0.05, 0.1) is 5.92 Å². The van der Waals surface area contributed by atoms with Crippen LogP contribution in [0.1, 0.15) is 27.2 Å².